The van der Waals surface area contributed by atoms with Crippen molar-refractivity contribution in [3.63, 3.8) is 0 Å². The zero-order valence-corrected chi connectivity index (χ0v) is 10.2. The largest absolute Gasteiger partial charge is 0.460 e. The van der Waals surface area contributed by atoms with Crippen molar-refractivity contribution < 1.29 is 14.3 Å². The van der Waals surface area contributed by atoms with Gasteiger partial charge in [0.2, 0.25) is 0 Å². The van der Waals surface area contributed by atoms with E-state index >= 15 is 0 Å². The standard InChI is InChI=1S/C14H17NO3/c16-8-14(9-17-10-14)7-15-6-12-5-11-3-1-2-4-13(11)18-12/h1-5,15-16H,6-10H2. The molecule has 0 saturated carbocycles. The van der Waals surface area contributed by atoms with E-state index in [4.69, 9.17) is 9.15 Å². The molecule has 2 heterocycles. The summed E-state index contributed by atoms with van der Waals surface area (Å²) >= 11 is 0. The molecule has 3 rings (SSSR count). The molecular weight excluding hydrogens is 230 g/mol. The second kappa shape index (κ2) is 4.72. The monoisotopic (exact) mass is 247 g/mol. The van der Waals surface area contributed by atoms with Crippen LogP contribution in [0.3, 0.4) is 0 Å². The van der Waals surface area contributed by atoms with E-state index in [1.807, 2.05) is 30.3 Å². The highest BCUT2D eigenvalue weighted by Crippen LogP contribution is 2.26. The molecule has 2 N–H and O–H groups in total. The molecule has 0 atom stereocenters. The topological polar surface area (TPSA) is 54.6 Å². The number of aliphatic hydroxyl groups excluding tert-OH is 1. The van der Waals surface area contributed by atoms with Crippen molar-refractivity contribution in [2.24, 2.45) is 5.41 Å². The fraction of sp³-hybridized carbons (Fsp3) is 0.429. The van der Waals surface area contributed by atoms with E-state index in [-0.39, 0.29) is 12.0 Å². The molecule has 0 amide bonds. The van der Waals surface area contributed by atoms with Gasteiger partial charge in [-0.3, -0.25) is 0 Å². The first-order valence-corrected chi connectivity index (χ1v) is 6.18. The summed E-state index contributed by atoms with van der Waals surface area (Å²) < 4.78 is 10.9. The van der Waals surface area contributed by atoms with Crippen molar-refractivity contribution in [3.8, 4) is 0 Å². The minimum absolute atomic E-state index is 0.0913. The molecule has 2 aromatic rings. The van der Waals surface area contributed by atoms with Gasteiger partial charge >= 0.3 is 0 Å². The van der Waals surface area contributed by atoms with Crippen LogP contribution in [0.15, 0.2) is 34.7 Å². The zero-order chi connectivity index (χ0) is 12.4. The van der Waals surface area contributed by atoms with Gasteiger partial charge in [0, 0.05) is 11.9 Å². The number of furan rings is 1. The van der Waals surface area contributed by atoms with Crippen molar-refractivity contribution in [1.82, 2.24) is 5.32 Å². The Labute approximate surface area is 106 Å². The third-order valence-corrected chi connectivity index (χ3v) is 3.43. The van der Waals surface area contributed by atoms with Crippen molar-refractivity contribution in [1.29, 1.82) is 0 Å². The molecule has 0 bridgehead atoms. The van der Waals surface area contributed by atoms with Crippen molar-refractivity contribution in [2.45, 2.75) is 6.54 Å². The van der Waals surface area contributed by atoms with Gasteiger partial charge < -0.3 is 19.6 Å². The first-order chi connectivity index (χ1) is 8.81. The van der Waals surface area contributed by atoms with Crippen LogP contribution in [0.25, 0.3) is 11.0 Å². The van der Waals surface area contributed by atoms with Crippen LogP contribution in [-0.4, -0.2) is 31.5 Å². The summed E-state index contributed by atoms with van der Waals surface area (Å²) in [5.41, 5.74) is 0.824. The number of ether oxygens (including phenoxy) is 1. The molecule has 0 aliphatic carbocycles. The van der Waals surface area contributed by atoms with Crippen molar-refractivity contribution in [2.75, 3.05) is 26.4 Å². The van der Waals surface area contributed by atoms with Crippen LogP contribution in [0.1, 0.15) is 5.76 Å². The highest BCUT2D eigenvalue weighted by Gasteiger charge is 2.37. The maximum Gasteiger partial charge on any atom is 0.134 e. The average Bonchev–Trinajstić information content (AvgIpc) is 2.75. The molecule has 0 radical (unpaired) electrons. The SMILES string of the molecule is OCC1(CNCc2cc3ccccc3o2)COC1. The van der Waals surface area contributed by atoms with E-state index in [2.05, 4.69) is 5.32 Å². The van der Waals surface area contributed by atoms with Gasteiger partial charge in [-0.2, -0.15) is 0 Å². The molecule has 0 spiro atoms. The van der Waals surface area contributed by atoms with E-state index < -0.39 is 0 Å². The van der Waals surface area contributed by atoms with Gasteiger partial charge in [-0.1, -0.05) is 18.2 Å². The second-order valence-electron chi connectivity index (χ2n) is 5.01. The minimum atomic E-state index is -0.0913. The maximum atomic E-state index is 9.30. The summed E-state index contributed by atoms with van der Waals surface area (Å²) in [6.45, 7) is 2.87. The second-order valence-corrected chi connectivity index (χ2v) is 5.01. The number of hydrogen-bond donors (Lipinski definition) is 2. The van der Waals surface area contributed by atoms with Crippen LogP contribution in [-0.2, 0) is 11.3 Å². The fourth-order valence-electron chi connectivity index (χ4n) is 2.21. The lowest BCUT2D eigenvalue weighted by atomic mass is 9.87. The Morgan fingerprint density at radius 2 is 2.11 bits per heavy atom. The Morgan fingerprint density at radius 1 is 1.28 bits per heavy atom. The van der Waals surface area contributed by atoms with Crippen molar-refractivity contribution >= 4 is 11.0 Å². The number of rotatable bonds is 5. The first-order valence-electron chi connectivity index (χ1n) is 6.18. The highest BCUT2D eigenvalue weighted by atomic mass is 16.5. The number of para-hydroxylation sites is 1. The third-order valence-electron chi connectivity index (χ3n) is 3.43. The average molecular weight is 247 g/mol. The highest BCUT2D eigenvalue weighted by molar-refractivity contribution is 5.77. The van der Waals surface area contributed by atoms with Crippen LogP contribution in [0.5, 0.6) is 0 Å². The first kappa shape index (κ1) is 11.7. The van der Waals surface area contributed by atoms with Crippen LogP contribution in [0.4, 0.5) is 0 Å². The van der Waals surface area contributed by atoms with Crippen LogP contribution in [0.2, 0.25) is 0 Å². The molecule has 1 aliphatic rings. The Morgan fingerprint density at radius 3 is 2.78 bits per heavy atom. The molecule has 1 fully saturated rings. The number of aliphatic hydroxyl groups is 1. The molecule has 96 valence electrons. The molecular formula is C14H17NO3. The van der Waals surface area contributed by atoms with Gasteiger partial charge in [0.05, 0.1) is 31.8 Å². The molecule has 1 saturated heterocycles. The lowest BCUT2D eigenvalue weighted by molar-refractivity contribution is -0.134. The number of benzene rings is 1. The molecule has 0 unspecified atom stereocenters. The molecule has 4 heteroatoms. The zero-order valence-electron chi connectivity index (χ0n) is 10.2. The summed E-state index contributed by atoms with van der Waals surface area (Å²) in [4.78, 5) is 0. The van der Waals surface area contributed by atoms with Crippen molar-refractivity contribution in [3.05, 3.63) is 36.1 Å². The summed E-state index contributed by atoms with van der Waals surface area (Å²) in [5, 5.41) is 13.8. The van der Waals surface area contributed by atoms with Crippen LogP contribution < -0.4 is 5.32 Å². The summed E-state index contributed by atoms with van der Waals surface area (Å²) in [6, 6.07) is 10.0. The van der Waals surface area contributed by atoms with Gasteiger partial charge in [-0.05, 0) is 12.1 Å². The Balaban J connectivity index is 1.59. The molecule has 4 nitrogen and oxygen atoms in total. The maximum absolute atomic E-state index is 9.30. The Kier molecular flexibility index (Phi) is 3.07. The van der Waals surface area contributed by atoms with E-state index in [9.17, 15) is 5.11 Å². The van der Waals surface area contributed by atoms with Crippen LogP contribution in [0, 0.1) is 5.41 Å². The van der Waals surface area contributed by atoms with E-state index in [1.54, 1.807) is 0 Å². The van der Waals surface area contributed by atoms with Gasteiger partial charge in [-0.25, -0.2) is 0 Å². The smallest absolute Gasteiger partial charge is 0.134 e. The number of fused-ring (bicyclic) bond motifs is 1. The number of nitrogens with one attached hydrogen (secondary N) is 1. The van der Waals surface area contributed by atoms with Gasteiger partial charge in [-0.15, -0.1) is 0 Å². The van der Waals surface area contributed by atoms with Gasteiger partial charge in [0.15, 0.2) is 0 Å². The van der Waals surface area contributed by atoms with Gasteiger partial charge in [0.25, 0.3) is 0 Å². The molecule has 1 aromatic carbocycles. The van der Waals surface area contributed by atoms with E-state index in [0.29, 0.717) is 19.8 Å². The fourth-order valence-corrected chi connectivity index (χ4v) is 2.21. The van der Waals surface area contributed by atoms with Crippen LogP contribution >= 0.6 is 0 Å². The lowest BCUT2D eigenvalue weighted by Crippen LogP contribution is -2.52. The predicted molar refractivity (Wildman–Crippen MR) is 68.3 cm³/mol. The quantitative estimate of drug-likeness (QED) is 0.841. The normalized spacial score (nSPS) is 17.8. The van der Waals surface area contributed by atoms with E-state index in [1.165, 1.54) is 0 Å². The Bertz CT molecular complexity index is 492. The Hall–Kier alpha value is -1.36. The summed E-state index contributed by atoms with van der Waals surface area (Å²) in [6.07, 6.45) is 0. The third kappa shape index (κ3) is 2.14. The lowest BCUT2D eigenvalue weighted by Gasteiger charge is -2.39. The molecule has 1 aliphatic heterocycles. The van der Waals surface area contributed by atoms with Gasteiger partial charge in [0.1, 0.15) is 11.3 Å². The predicted octanol–water partition coefficient (Wildman–Crippen LogP) is 1.53. The summed E-state index contributed by atoms with van der Waals surface area (Å²) in [5.74, 6) is 0.921. The summed E-state index contributed by atoms with van der Waals surface area (Å²) in [7, 11) is 0. The number of hydrogen-bond acceptors (Lipinski definition) is 4. The van der Waals surface area contributed by atoms with E-state index in [0.717, 1.165) is 23.3 Å². The molecule has 1 aromatic heterocycles. The molecule has 18 heavy (non-hydrogen) atoms. The minimum Gasteiger partial charge on any atom is -0.460 e.